The summed E-state index contributed by atoms with van der Waals surface area (Å²) in [4.78, 5) is 13.7. The lowest BCUT2D eigenvalue weighted by Crippen LogP contribution is -2.43. The Morgan fingerprint density at radius 2 is 2.12 bits per heavy atom. The summed E-state index contributed by atoms with van der Waals surface area (Å²) in [5.41, 5.74) is 2.16. The van der Waals surface area contributed by atoms with Crippen molar-refractivity contribution in [3.63, 3.8) is 0 Å². The molecule has 0 amide bonds. The number of hydrogen-bond donors (Lipinski definition) is 2. The predicted molar refractivity (Wildman–Crippen MR) is 97.0 cm³/mol. The number of rotatable bonds is 5. The van der Waals surface area contributed by atoms with Crippen molar-refractivity contribution in [2.24, 2.45) is 7.05 Å². The third kappa shape index (κ3) is 3.82. The highest BCUT2D eigenvalue weighted by molar-refractivity contribution is 6.31. The molecular weight excluding hydrogens is 326 g/mol. The van der Waals surface area contributed by atoms with E-state index in [4.69, 9.17) is 11.6 Å². The van der Waals surface area contributed by atoms with E-state index in [1.807, 2.05) is 6.92 Å². The molecule has 130 valence electrons. The Kier molecular flexibility index (Phi) is 5.26. The average molecular weight is 350 g/mol. The maximum absolute atomic E-state index is 11.3. The van der Waals surface area contributed by atoms with Crippen molar-refractivity contribution in [2.75, 3.05) is 24.5 Å². The van der Waals surface area contributed by atoms with Crippen LogP contribution in [0.2, 0.25) is 5.02 Å². The van der Waals surface area contributed by atoms with Gasteiger partial charge in [0, 0.05) is 49.9 Å². The van der Waals surface area contributed by atoms with Crippen molar-refractivity contribution in [3.8, 4) is 0 Å². The monoisotopic (exact) mass is 349 g/mol. The molecule has 0 radical (unpaired) electrons. The maximum atomic E-state index is 11.3. The van der Waals surface area contributed by atoms with Gasteiger partial charge in [-0.05, 0) is 37.5 Å². The summed E-state index contributed by atoms with van der Waals surface area (Å²) in [7, 11) is 1.74. The van der Waals surface area contributed by atoms with E-state index in [1.54, 1.807) is 11.6 Å². The lowest BCUT2D eigenvalue weighted by molar-refractivity contribution is 0.415. The fourth-order valence-corrected chi connectivity index (χ4v) is 3.29. The number of benzene rings is 1. The molecule has 7 heteroatoms. The fourth-order valence-electron chi connectivity index (χ4n) is 3.11. The van der Waals surface area contributed by atoms with Gasteiger partial charge in [-0.2, -0.15) is 5.10 Å². The van der Waals surface area contributed by atoms with Gasteiger partial charge in [0.15, 0.2) is 0 Å². The average Bonchev–Trinajstić information content (AvgIpc) is 2.90. The Bertz CT molecular complexity index is 746. The van der Waals surface area contributed by atoms with Crippen molar-refractivity contribution in [1.82, 2.24) is 20.1 Å². The molecule has 2 N–H and O–H groups in total. The summed E-state index contributed by atoms with van der Waals surface area (Å²) in [6, 6.07) is 6.80. The molecule has 2 heterocycles. The predicted octanol–water partition coefficient (Wildman–Crippen LogP) is 1.87. The van der Waals surface area contributed by atoms with Crippen LogP contribution in [0.15, 0.2) is 23.0 Å². The van der Waals surface area contributed by atoms with Gasteiger partial charge >= 0.3 is 5.69 Å². The van der Waals surface area contributed by atoms with Crippen LogP contribution in [0.4, 0.5) is 5.69 Å². The summed E-state index contributed by atoms with van der Waals surface area (Å²) in [5, 5.41) is 10.9. The SMILES string of the molecule is Cc1ccc(N2CCC(NCCc3n[nH]c(=O)n3C)CC2)cc1Cl. The molecule has 0 unspecified atom stereocenters. The molecule has 1 aliphatic rings. The minimum Gasteiger partial charge on any atom is -0.371 e. The maximum Gasteiger partial charge on any atom is 0.343 e. The van der Waals surface area contributed by atoms with E-state index in [1.165, 1.54) is 5.69 Å². The van der Waals surface area contributed by atoms with Crippen molar-refractivity contribution in [1.29, 1.82) is 0 Å². The van der Waals surface area contributed by atoms with Crippen LogP contribution in [0.1, 0.15) is 24.2 Å². The first-order chi connectivity index (χ1) is 11.5. The quantitative estimate of drug-likeness (QED) is 0.865. The molecule has 0 spiro atoms. The molecule has 0 bridgehead atoms. The van der Waals surface area contributed by atoms with Crippen LogP contribution in [0.3, 0.4) is 0 Å². The molecular formula is C17H24ClN5O. The number of nitrogens with one attached hydrogen (secondary N) is 2. The van der Waals surface area contributed by atoms with Gasteiger partial charge in [0.2, 0.25) is 0 Å². The van der Waals surface area contributed by atoms with Crippen LogP contribution in [0.5, 0.6) is 0 Å². The summed E-state index contributed by atoms with van der Waals surface area (Å²) in [6.07, 6.45) is 2.96. The summed E-state index contributed by atoms with van der Waals surface area (Å²) < 4.78 is 1.56. The zero-order valence-electron chi connectivity index (χ0n) is 14.2. The van der Waals surface area contributed by atoms with Crippen molar-refractivity contribution < 1.29 is 0 Å². The van der Waals surface area contributed by atoms with Gasteiger partial charge < -0.3 is 10.2 Å². The number of aryl methyl sites for hydroxylation is 1. The third-order valence-corrected chi connectivity index (χ3v) is 5.18. The largest absolute Gasteiger partial charge is 0.371 e. The molecule has 3 rings (SSSR count). The highest BCUT2D eigenvalue weighted by atomic mass is 35.5. The van der Waals surface area contributed by atoms with Crippen LogP contribution in [0, 0.1) is 6.92 Å². The van der Waals surface area contributed by atoms with Crippen LogP contribution in [-0.2, 0) is 13.5 Å². The number of nitrogens with zero attached hydrogens (tertiary/aromatic N) is 3. The molecule has 1 aromatic heterocycles. The van der Waals surface area contributed by atoms with Crippen molar-refractivity contribution in [2.45, 2.75) is 32.2 Å². The smallest absolute Gasteiger partial charge is 0.343 e. The van der Waals surface area contributed by atoms with E-state index in [0.29, 0.717) is 6.04 Å². The first kappa shape index (κ1) is 17.0. The van der Waals surface area contributed by atoms with Crippen molar-refractivity contribution >= 4 is 17.3 Å². The van der Waals surface area contributed by atoms with E-state index in [2.05, 4.69) is 38.6 Å². The molecule has 1 aliphatic heterocycles. The number of aromatic amines is 1. The van der Waals surface area contributed by atoms with Crippen molar-refractivity contribution in [3.05, 3.63) is 45.1 Å². The van der Waals surface area contributed by atoms with Gasteiger partial charge in [0.25, 0.3) is 0 Å². The summed E-state index contributed by atoms with van der Waals surface area (Å²) in [6.45, 7) is 4.91. The molecule has 2 aromatic rings. The number of halogens is 1. The van der Waals surface area contributed by atoms with E-state index < -0.39 is 0 Å². The van der Waals surface area contributed by atoms with Gasteiger partial charge in [-0.3, -0.25) is 4.57 Å². The normalized spacial score (nSPS) is 15.9. The lowest BCUT2D eigenvalue weighted by atomic mass is 10.0. The van der Waals surface area contributed by atoms with Gasteiger partial charge in [-0.1, -0.05) is 17.7 Å². The Balaban J connectivity index is 1.46. The number of hydrogen-bond acceptors (Lipinski definition) is 4. The van der Waals surface area contributed by atoms with E-state index >= 15 is 0 Å². The van der Waals surface area contributed by atoms with Crippen LogP contribution < -0.4 is 15.9 Å². The molecule has 6 nitrogen and oxygen atoms in total. The minimum atomic E-state index is -0.157. The van der Waals surface area contributed by atoms with Gasteiger partial charge in [-0.25, -0.2) is 9.89 Å². The minimum absolute atomic E-state index is 0.157. The van der Waals surface area contributed by atoms with E-state index in [0.717, 1.165) is 55.3 Å². The Labute approximate surface area is 146 Å². The summed E-state index contributed by atoms with van der Waals surface area (Å²) in [5.74, 6) is 0.791. The standard InChI is InChI=1S/C17H24ClN5O/c1-12-3-4-14(11-15(12)18)23-9-6-13(7-10-23)19-8-5-16-20-21-17(24)22(16)2/h3-4,11,13,19H,5-10H2,1-2H3,(H,21,24). The Hall–Kier alpha value is -1.79. The molecule has 1 aromatic carbocycles. The second-order valence-electron chi connectivity index (χ2n) is 6.40. The van der Waals surface area contributed by atoms with E-state index in [-0.39, 0.29) is 5.69 Å². The molecule has 24 heavy (non-hydrogen) atoms. The molecule has 1 fully saturated rings. The molecule has 1 saturated heterocycles. The first-order valence-electron chi connectivity index (χ1n) is 8.39. The highest BCUT2D eigenvalue weighted by Gasteiger charge is 2.19. The third-order valence-electron chi connectivity index (χ3n) is 4.77. The Morgan fingerprint density at radius 3 is 2.75 bits per heavy atom. The number of anilines is 1. The van der Waals surface area contributed by atoms with Crippen LogP contribution in [0.25, 0.3) is 0 Å². The first-order valence-corrected chi connectivity index (χ1v) is 8.77. The van der Waals surface area contributed by atoms with Gasteiger partial charge in [-0.15, -0.1) is 0 Å². The number of H-pyrrole nitrogens is 1. The summed E-state index contributed by atoms with van der Waals surface area (Å²) >= 11 is 6.23. The zero-order chi connectivity index (χ0) is 17.1. The fraction of sp³-hybridized carbons (Fsp3) is 0.529. The van der Waals surface area contributed by atoms with Crippen LogP contribution in [-0.4, -0.2) is 40.4 Å². The topological polar surface area (TPSA) is 66.0 Å². The second kappa shape index (κ2) is 7.40. The number of aromatic nitrogens is 3. The molecule has 0 atom stereocenters. The van der Waals surface area contributed by atoms with E-state index in [9.17, 15) is 4.79 Å². The zero-order valence-corrected chi connectivity index (χ0v) is 14.9. The lowest BCUT2D eigenvalue weighted by Gasteiger charge is -2.34. The molecule has 0 saturated carbocycles. The van der Waals surface area contributed by atoms with Gasteiger partial charge in [0.1, 0.15) is 5.82 Å². The molecule has 0 aliphatic carbocycles. The van der Waals surface area contributed by atoms with Crippen LogP contribution >= 0.6 is 11.6 Å². The van der Waals surface area contributed by atoms with Gasteiger partial charge in [0.05, 0.1) is 0 Å². The Morgan fingerprint density at radius 1 is 1.38 bits per heavy atom. The second-order valence-corrected chi connectivity index (χ2v) is 6.81. The number of piperidine rings is 1. The highest BCUT2D eigenvalue weighted by Crippen LogP contribution is 2.25.